The quantitative estimate of drug-likeness (QED) is 0.500. The van der Waals surface area contributed by atoms with E-state index in [1.807, 2.05) is 59.5 Å². The minimum atomic E-state index is 0.0836. The number of nitrogens with zero attached hydrogens (tertiary/aromatic N) is 6. The smallest absolute Gasteiger partial charge is 0.228 e. The van der Waals surface area contributed by atoms with Crippen LogP contribution in [0.5, 0.6) is 0 Å². The highest BCUT2D eigenvalue weighted by Crippen LogP contribution is 2.33. The second kappa shape index (κ2) is 8.71. The van der Waals surface area contributed by atoms with Crippen molar-refractivity contribution in [1.29, 1.82) is 0 Å². The molecule has 0 spiro atoms. The number of piperazine rings is 1. The summed E-state index contributed by atoms with van der Waals surface area (Å²) < 4.78 is 1.77. The molecule has 1 saturated heterocycles. The fourth-order valence-corrected chi connectivity index (χ4v) is 4.23. The Bertz CT molecular complexity index is 1300. The van der Waals surface area contributed by atoms with Crippen LogP contribution in [0, 0.1) is 0 Å². The minimum absolute atomic E-state index is 0.0836. The second-order valence-corrected chi connectivity index (χ2v) is 8.54. The van der Waals surface area contributed by atoms with Gasteiger partial charge in [0.25, 0.3) is 0 Å². The van der Waals surface area contributed by atoms with Crippen LogP contribution in [0.1, 0.15) is 12.5 Å². The predicted octanol–water partition coefficient (Wildman–Crippen LogP) is 3.45. The Labute approximate surface area is 196 Å². The van der Waals surface area contributed by atoms with Crippen LogP contribution in [-0.4, -0.2) is 56.7 Å². The molecule has 0 bridgehead atoms. The lowest BCUT2D eigenvalue weighted by molar-refractivity contribution is -0.129. The monoisotopic (exact) mass is 461 g/mol. The van der Waals surface area contributed by atoms with Gasteiger partial charge in [-0.05, 0) is 17.7 Å². The van der Waals surface area contributed by atoms with Crippen molar-refractivity contribution in [3.05, 3.63) is 65.2 Å². The van der Waals surface area contributed by atoms with E-state index < -0.39 is 0 Å². The molecule has 0 radical (unpaired) electrons. The molecule has 8 nitrogen and oxygen atoms in total. The van der Waals surface area contributed by atoms with Gasteiger partial charge in [-0.25, -0.2) is 9.67 Å². The summed E-state index contributed by atoms with van der Waals surface area (Å²) in [6, 6.07) is 17.6. The third-order valence-electron chi connectivity index (χ3n) is 5.93. The van der Waals surface area contributed by atoms with E-state index in [9.17, 15) is 4.79 Å². The molecule has 9 heteroatoms. The molecule has 0 atom stereocenters. The summed E-state index contributed by atoms with van der Waals surface area (Å²) in [7, 11) is 0. The molecule has 3 heterocycles. The zero-order valence-corrected chi connectivity index (χ0v) is 19.0. The number of fused-ring (bicyclic) bond motifs is 1. The van der Waals surface area contributed by atoms with Crippen molar-refractivity contribution in [3.63, 3.8) is 0 Å². The Kier molecular flexibility index (Phi) is 5.60. The summed E-state index contributed by atoms with van der Waals surface area (Å²) in [6.07, 6.45) is 0. The maximum atomic E-state index is 11.7. The van der Waals surface area contributed by atoms with E-state index in [-0.39, 0.29) is 5.91 Å². The molecule has 2 aromatic carbocycles. The predicted molar refractivity (Wildman–Crippen MR) is 130 cm³/mol. The summed E-state index contributed by atoms with van der Waals surface area (Å²) in [5.74, 6) is 1.19. The second-order valence-electron chi connectivity index (χ2n) is 8.10. The fourth-order valence-electron chi connectivity index (χ4n) is 4.10. The number of halogens is 1. The Morgan fingerprint density at radius 1 is 1.00 bits per heavy atom. The van der Waals surface area contributed by atoms with Crippen molar-refractivity contribution in [1.82, 2.24) is 24.6 Å². The van der Waals surface area contributed by atoms with Crippen LogP contribution < -0.4 is 10.6 Å². The van der Waals surface area contributed by atoms with Gasteiger partial charge in [0.15, 0.2) is 5.65 Å². The van der Waals surface area contributed by atoms with Crippen molar-refractivity contribution in [2.24, 2.45) is 0 Å². The molecule has 5 rings (SSSR count). The number of carbonyl (C=O) groups is 1. The van der Waals surface area contributed by atoms with Gasteiger partial charge in [0.1, 0.15) is 5.82 Å². The van der Waals surface area contributed by atoms with Crippen LogP contribution in [-0.2, 0) is 11.3 Å². The van der Waals surface area contributed by atoms with Crippen LogP contribution in [0.25, 0.3) is 22.3 Å². The van der Waals surface area contributed by atoms with Crippen molar-refractivity contribution >= 4 is 40.3 Å². The number of anilines is 2. The van der Waals surface area contributed by atoms with E-state index in [1.165, 1.54) is 0 Å². The Morgan fingerprint density at radius 3 is 2.36 bits per heavy atom. The summed E-state index contributed by atoms with van der Waals surface area (Å²) in [5, 5.41) is 6.11. The Morgan fingerprint density at radius 2 is 1.70 bits per heavy atom. The van der Waals surface area contributed by atoms with Gasteiger partial charge in [-0.2, -0.15) is 4.98 Å². The molecular weight excluding hydrogens is 438 g/mol. The van der Waals surface area contributed by atoms with E-state index in [0.29, 0.717) is 55.2 Å². The average Bonchev–Trinajstić information content (AvgIpc) is 3.15. The molecule has 0 aliphatic carbocycles. The van der Waals surface area contributed by atoms with Gasteiger partial charge in [0.05, 0.1) is 17.6 Å². The number of rotatable bonds is 4. The first-order valence-corrected chi connectivity index (χ1v) is 11.2. The first-order chi connectivity index (χ1) is 16.0. The number of nitrogen functional groups attached to an aromatic ring is 1. The number of carbonyl (C=O) groups excluding carboxylic acids is 1. The number of hydrogen-bond acceptors (Lipinski definition) is 6. The molecule has 2 aromatic heterocycles. The van der Waals surface area contributed by atoms with E-state index in [4.69, 9.17) is 32.4 Å². The fraction of sp³-hybridized carbons (Fsp3) is 0.250. The molecule has 0 saturated carbocycles. The summed E-state index contributed by atoms with van der Waals surface area (Å²) in [5.41, 5.74) is 9.83. The maximum Gasteiger partial charge on any atom is 0.228 e. The first-order valence-electron chi connectivity index (χ1n) is 10.8. The summed E-state index contributed by atoms with van der Waals surface area (Å²) in [4.78, 5) is 25.3. The van der Waals surface area contributed by atoms with Gasteiger partial charge in [0.2, 0.25) is 11.9 Å². The molecule has 1 aliphatic rings. The lowest BCUT2D eigenvalue weighted by atomic mass is 10.1. The molecule has 33 heavy (non-hydrogen) atoms. The van der Waals surface area contributed by atoms with Gasteiger partial charge in [-0.15, -0.1) is 5.10 Å². The SMILES string of the molecule is CC(=O)N1CCN(c2nc(-c3ccc(Cl)cc3)c3c(N)n(Cc4ccccc4)nc3n2)CC1. The number of nitrogens with two attached hydrogens (primary N) is 1. The first kappa shape index (κ1) is 21.2. The highest BCUT2D eigenvalue weighted by Gasteiger charge is 2.24. The Balaban J connectivity index is 1.59. The van der Waals surface area contributed by atoms with Crippen molar-refractivity contribution in [2.45, 2.75) is 13.5 Å². The lowest BCUT2D eigenvalue weighted by Crippen LogP contribution is -2.48. The van der Waals surface area contributed by atoms with Crippen molar-refractivity contribution in [3.8, 4) is 11.3 Å². The molecule has 2 N–H and O–H groups in total. The van der Waals surface area contributed by atoms with E-state index in [2.05, 4.69) is 4.90 Å². The van der Waals surface area contributed by atoms with Gasteiger partial charge >= 0.3 is 0 Å². The van der Waals surface area contributed by atoms with Crippen molar-refractivity contribution in [2.75, 3.05) is 36.8 Å². The van der Waals surface area contributed by atoms with Gasteiger partial charge in [0, 0.05) is 43.7 Å². The standard InChI is InChI=1S/C24H24ClN7O/c1-16(33)30-11-13-31(14-12-30)24-27-21(18-7-9-19(25)10-8-18)20-22(26)32(29-23(20)28-24)15-17-5-3-2-4-6-17/h2-10H,11-15,26H2,1H3. The van der Waals surface area contributed by atoms with Gasteiger partial charge < -0.3 is 15.5 Å². The highest BCUT2D eigenvalue weighted by molar-refractivity contribution is 6.30. The molecular formula is C24H24ClN7O. The normalized spacial score (nSPS) is 14.1. The summed E-state index contributed by atoms with van der Waals surface area (Å²) >= 11 is 6.12. The van der Waals surface area contributed by atoms with Crippen LogP contribution in [0.15, 0.2) is 54.6 Å². The number of hydrogen-bond donors (Lipinski definition) is 1. The van der Waals surface area contributed by atoms with Crippen LogP contribution in [0.4, 0.5) is 11.8 Å². The average molecular weight is 462 g/mol. The van der Waals surface area contributed by atoms with Crippen LogP contribution in [0.3, 0.4) is 0 Å². The van der Waals surface area contributed by atoms with Gasteiger partial charge in [-0.1, -0.05) is 54.1 Å². The molecule has 0 unspecified atom stereocenters. The molecule has 1 amide bonds. The zero-order chi connectivity index (χ0) is 22.9. The summed E-state index contributed by atoms with van der Waals surface area (Å²) in [6.45, 7) is 4.72. The minimum Gasteiger partial charge on any atom is -0.383 e. The highest BCUT2D eigenvalue weighted by atomic mass is 35.5. The Hall–Kier alpha value is -3.65. The lowest BCUT2D eigenvalue weighted by Gasteiger charge is -2.34. The molecule has 168 valence electrons. The van der Waals surface area contributed by atoms with E-state index >= 15 is 0 Å². The topological polar surface area (TPSA) is 93.2 Å². The van der Waals surface area contributed by atoms with E-state index in [0.717, 1.165) is 22.2 Å². The molecule has 4 aromatic rings. The third kappa shape index (κ3) is 4.21. The van der Waals surface area contributed by atoms with Crippen molar-refractivity contribution < 1.29 is 4.79 Å². The largest absolute Gasteiger partial charge is 0.383 e. The van der Waals surface area contributed by atoms with Gasteiger partial charge in [-0.3, -0.25) is 4.79 Å². The molecule has 1 aliphatic heterocycles. The van der Waals surface area contributed by atoms with Crippen LogP contribution in [0.2, 0.25) is 5.02 Å². The maximum absolute atomic E-state index is 11.7. The van der Waals surface area contributed by atoms with Crippen LogP contribution >= 0.6 is 11.6 Å². The number of benzene rings is 2. The number of aromatic nitrogens is 4. The number of amides is 1. The third-order valence-corrected chi connectivity index (χ3v) is 6.18. The van der Waals surface area contributed by atoms with E-state index in [1.54, 1.807) is 11.6 Å². The zero-order valence-electron chi connectivity index (χ0n) is 18.3. The molecule has 1 fully saturated rings.